The molecule has 0 aliphatic carbocycles. The van der Waals surface area contributed by atoms with Crippen LogP contribution in [0.5, 0.6) is 0 Å². The summed E-state index contributed by atoms with van der Waals surface area (Å²) in [6.07, 6.45) is -1.47. The Labute approximate surface area is 167 Å². The summed E-state index contributed by atoms with van der Waals surface area (Å²) in [5, 5.41) is 3.04. The fourth-order valence-corrected chi connectivity index (χ4v) is 4.06. The van der Waals surface area contributed by atoms with Crippen LogP contribution in [-0.4, -0.2) is 43.7 Å². The number of alkyl halides is 3. The van der Waals surface area contributed by atoms with Crippen molar-refractivity contribution in [3.8, 4) is 0 Å². The van der Waals surface area contributed by atoms with Gasteiger partial charge >= 0.3 is 6.18 Å². The monoisotopic (exact) mass is 419 g/mol. The van der Waals surface area contributed by atoms with E-state index >= 15 is 0 Å². The highest BCUT2D eigenvalue weighted by Crippen LogP contribution is 2.34. The largest absolute Gasteiger partial charge is 0.417 e. The number of pyridine rings is 1. The minimum Gasteiger partial charge on any atom is -0.381 e. The lowest BCUT2D eigenvalue weighted by Crippen LogP contribution is -2.43. The molecule has 1 N–H and O–H groups in total. The summed E-state index contributed by atoms with van der Waals surface area (Å²) in [6, 6.07) is 0.901. The molecule has 1 aromatic rings. The van der Waals surface area contributed by atoms with Gasteiger partial charge in [0, 0.05) is 45.0 Å². The van der Waals surface area contributed by atoms with Crippen LogP contribution in [0.25, 0.3) is 0 Å². The molecule has 5 nitrogen and oxygen atoms in total. The van der Waals surface area contributed by atoms with Gasteiger partial charge in [-0.1, -0.05) is 18.5 Å². The van der Waals surface area contributed by atoms with Gasteiger partial charge in [0.05, 0.1) is 10.6 Å². The third-order valence-electron chi connectivity index (χ3n) is 5.67. The first-order valence-electron chi connectivity index (χ1n) is 9.59. The summed E-state index contributed by atoms with van der Waals surface area (Å²) in [4.78, 5) is 18.2. The first kappa shape index (κ1) is 21.2. The molecule has 2 aliphatic rings. The highest BCUT2D eigenvalue weighted by Gasteiger charge is 2.33. The van der Waals surface area contributed by atoms with Gasteiger partial charge in [-0.3, -0.25) is 4.79 Å². The molecule has 2 unspecified atom stereocenters. The molecule has 1 aromatic heterocycles. The number of hydrogen-bond acceptors (Lipinski definition) is 4. The van der Waals surface area contributed by atoms with Crippen LogP contribution >= 0.6 is 11.6 Å². The molecule has 3 heterocycles. The van der Waals surface area contributed by atoms with E-state index in [9.17, 15) is 18.0 Å². The maximum Gasteiger partial charge on any atom is 0.417 e. The van der Waals surface area contributed by atoms with E-state index < -0.39 is 11.7 Å². The molecule has 0 saturated carbocycles. The van der Waals surface area contributed by atoms with Crippen LogP contribution in [0.15, 0.2) is 12.3 Å². The van der Waals surface area contributed by atoms with Crippen molar-refractivity contribution in [3.05, 3.63) is 22.8 Å². The van der Waals surface area contributed by atoms with Gasteiger partial charge in [-0.15, -0.1) is 0 Å². The van der Waals surface area contributed by atoms with Crippen molar-refractivity contribution in [3.63, 3.8) is 0 Å². The van der Waals surface area contributed by atoms with Gasteiger partial charge in [0.25, 0.3) is 0 Å². The van der Waals surface area contributed by atoms with Crippen molar-refractivity contribution in [2.24, 2.45) is 17.8 Å². The summed E-state index contributed by atoms with van der Waals surface area (Å²) in [5.41, 5.74) is -0.863. The summed E-state index contributed by atoms with van der Waals surface area (Å²) in [6.45, 7) is 5.34. The number of amides is 1. The second-order valence-corrected chi connectivity index (χ2v) is 8.04. The highest BCUT2D eigenvalue weighted by atomic mass is 35.5. The topological polar surface area (TPSA) is 54.5 Å². The Morgan fingerprint density at radius 3 is 2.68 bits per heavy atom. The van der Waals surface area contributed by atoms with Crippen molar-refractivity contribution in [1.29, 1.82) is 0 Å². The number of nitrogens with one attached hydrogen (secondary N) is 1. The van der Waals surface area contributed by atoms with E-state index in [1.807, 2.05) is 4.90 Å². The number of piperidine rings is 1. The van der Waals surface area contributed by atoms with Gasteiger partial charge < -0.3 is 15.0 Å². The van der Waals surface area contributed by atoms with Crippen LogP contribution in [0.4, 0.5) is 19.0 Å². The number of hydrogen-bond donors (Lipinski definition) is 1. The number of carbonyl (C=O) groups excluding carboxylic acids is 1. The van der Waals surface area contributed by atoms with Gasteiger partial charge in [0.1, 0.15) is 5.82 Å². The molecule has 0 radical (unpaired) electrons. The van der Waals surface area contributed by atoms with E-state index in [1.165, 1.54) is 0 Å². The SMILES string of the molecule is CC1COCCC1CNC(=O)C1CCN(c2ncc(C(F)(F)F)cc2Cl)CC1. The number of carbonyl (C=O) groups is 1. The molecular weight excluding hydrogens is 395 g/mol. The molecule has 2 atom stereocenters. The molecule has 0 bridgehead atoms. The lowest BCUT2D eigenvalue weighted by Gasteiger charge is -2.33. The molecule has 28 heavy (non-hydrogen) atoms. The normalized spacial score (nSPS) is 24.2. The lowest BCUT2D eigenvalue weighted by molar-refractivity contribution is -0.137. The first-order chi connectivity index (χ1) is 13.3. The van der Waals surface area contributed by atoms with Crippen LogP contribution in [0.3, 0.4) is 0 Å². The Hall–Kier alpha value is -1.54. The average molecular weight is 420 g/mol. The van der Waals surface area contributed by atoms with Gasteiger partial charge in [-0.2, -0.15) is 13.2 Å². The predicted molar refractivity (Wildman–Crippen MR) is 100 cm³/mol. The van der Waals surface area contributed by atoms with Crippen LogP contribution in [0.2, 0.25) is 5.02 Å². The summed E-state index contributed by atoms with van der Waals surface area (Å²) >= 11 is 6.02. The number of aromatic nitrogens is 1. The van der Waals surface area contributed by atoms with Gasteiger partial charge in [-0.25, -0.2) is 4.98 Å². The number of anilines is 1. The molecule has 0 aromatic carbocycles. The van der Waals surface area contributed by atoms with Gasteiger partial charge in [0.2, 0.25) is 5.91 Å². The van der Waals surface area contributed by atoms with Crippen LogP contribution in [-0.2, 0) is 15.7 Å². The minimum atomic E-state index is -4.47. The van der Waals surface area contributed by atoms with Crippen molar-refractivity contribution in [2.45, 2.75) is 32.4 Å². The Bertz CT molecular complexity index is 693. The van der Waals surface area contributed by atoms with E-state index in [1.54, 1.807) is 0 Å². The zero-order valence-corrected chi connectivity index (χ0v) is 16.5. The molecule has 9 heteroatoms. The number of nitrogens with zero attached hydrogens (tertiary/aromatic N) is 2. The third kappa shape index (κ3) is 5.08. The highest BCUT2D eigenvalue weighted by molar-refractivity contribution is 6.33. The molecule has 156 valence electrons. The minimum absolute atomic E-state index is 0.0220. The van der Waals surface area contributed by atoms with Crippen molar-refractivity contribution < 1.29 is 22.7 Å². The lowest BCUT2D eigenvalue weighted by atomic mass is 9.89. The Morgan fingerprint density at radius 2 is 2.07 bits per heavy atom. The Balaban J connectivity index is 1.51. The summed E-state index contributed by atoms with van der Waals surface area (Å²) in [7, 11) is 0. The van der Waals surface area contributed by atoms with Gasteiger partial charge in [-0.05, 0) is 37.2 Å². The standard InChI is InChI=1S/C19H25ClF3N3O2/c1-12-11-28-7-4-14(12)9-25-18(27)13-2-5-26(6-3-13)17-16(20)8-15(10-24-17)19(21,22)23/h8,10,12-14H,2-7,9,11H2,1H3,(H,25,27). The maximum atomic E-state index is 12.7. The Kier molecular flexibility index (Phi) is 6.70. The van der Waals surface area contributed by atoms with Crippen molar-refractivity contribution >= 4 is 23.3 Å². The molecule has 2 aliphatic heterocycles. The predicted octanol–water partition coefficient (Wildman–Crippen LogP) is 3.76. The number of ether oxygens (including phenoxy) is 1. The molecule has 2 saturated heterocycles. The van der Waals surface area contributed by atoms with Crippen LogP contribution < -0.4 is 10.2 Å². The summed E-state index contributed by atoms with van der Waals surface area (Å²) < 4.78 is 43.7. The van der Waals surface area contributed by atoms with Gasteiger partial charge in [0.15, 0.2) is 0 Å². The third-order valence-corrected chi connectivity index (χ3v) is 5.95. The second-order valence-electron chi connectivity index (χ2n) is 7.63. The van der Waals surface area contributed by atoms with E-state index in [-0.39, 0.29) is 16.8 Å². The average Bonchev–Trinajstić information content (AvgIpc) is 2.66. The molecular formula is C19H25ClF3N3O2. The second kappa shape index (κ2) is 8.86. The number of halogens is 4. The fraction of sp³-hybridized carbons (Fsp3) is 0.684. The first-order valence-corrected chi connectivity index (χ1v) is 9.96. The van der Waals surface area contributed by atoms with E-state index in [2.05, 4.69) is 17.2 Å². The molecule has 3 rings (SSSR count). The Morgan fingerprint density at radius 1 is 1.36 bits per heavy atom. The zero-order valence-electron chi connectivity index (χ0n) is 15.8. The molecule has 0 spiro atoms. The fourth-order valence-electron chi connectivity index (χ4n) is 3.78. The summed E-state index contributed by atoms with van der Waals surface area (Å²) in [5.74, 6) is 1.16. The number of rotatable bonds is 4. The van der Waals surface area contributed by atoms with Crippen LogP contribution in [0.1, 0.15) is 31.7 Å². The zero-order chi connectivity index (χ0) is 20.3. The quantitative estimate of drug-likeness (QED) is 0.807. The van der Waals surface area contributed by atoms with Crippen molar-refractivity contribution in [1.82, 2.24) is 10.3 Å². The maximum absolute atomic E-state index is 12.7. The van der Waals surface area contributed by atoms with Crippen molar-refractivity contribution in [2.75, 3.05) is 37.7 Å². The van der Waals surface area contributed by atoms with E-state index in [0.717, 1.165) is 31.9 Å². The van der Waals surface area contributed by atoms with E-state index in [4.69, 9.17) is 16.3 Å². The van der Waals surface area contributed by atoms with Crippen LogP contribution in [0, 0.1) is 17.8 Å². The smallest absolute Gasteiger partial charge is 0.381 e. The molecule has 2 fully saturated rings. The van der Waals surface area contributed by atoms with E-state index in [0.29, 0.717) is 50.1 Å². The molecule has 1 amide bonds.